The molecule has 4 aromatic rings. The number of hydrogen-bond donors (Lipinski definition) is 0. The average Bonchev–Trinajstić information content (AvgIpc) is 3.15. The predicted octanol–water partition coefficient (Wildman–Crippen LogP) is 7.15. The van der Waals surface area contributed by atoms with Crippen LogP contribution in [0.3, 0.4) is 0 Å². The Kier molecular flexibility index (Phi) is 6.42. The van der Waals surface area contributed by atoms with Gasteiger partial charge in [-0.05, 0) is 79.3 Å². The second-order valence-corrected chi connectivity index (χ2v) is 8.50. The molecule has 0 aromatic heterocycles. The summed E-state index contributed by atoms with van der Waals surface area (Å²) < 4.78 is 0. The Morgan fingerprint density at radius 2 is 1.20 bits per heavy atom. The van der Waals surface area contributed by atoms with E-state index >= 15 is 0 Å². The Balaban J connectivity index is 1.52. The van der Waals surface area contributed by atoms with Gasteiger partial charge in [0.05, 0.1) is 0 Å². The van der Waals surface area contributed by atoms with Crippen LogP contribution < -0.4 is 9.80 Å². The molecular weight excluding hydrogens is 450 g/mol. The highest BCUT2D eigenvalue weighted by Gasteiger charge is 2.37. The van der Waals surface area contributed by atoms with E-state index in [1.165, 1.54) is 0 Å². The van der Waals surface area contributed by atoms with Crippen LogP contribution in [0.4, 0.5) is 22.7 Å². The summed E-state index contributed by atoms with van der Waals surface area (Å²) in [6.07, 6.45) is 1.91. The third-order valence-corrected chi connectivity index (χ3v) is 6.34. The van der Waals surface area contributed by atoms with Crippen LogP contribution in [0.5, 0.6) is 0 Å². The number of anilines is 4. The van der Waals surface area contributed by atoms with Gasteiger partial charge < -0.3 is 4.90 Å². The van der Waals surface area contributed by atoms with Gasteiger partial charge in [-0.3, -0.25) is 14.6 Å². The van der Waals surface area contributed by atoms with E-state index in [-0.39, 0.29) is 5.91 Å². The highest BCUT2D eigenvalue weighted by atomic mass is 32.1. The minimum atomic E-state index is -0.0828. The van der Waals surface area contributed by atoms with Crippen LogP contribution >= 0.6 is 12.2 Å². The minimum absolute atomic E-state index is 0.0828. The van der Waals surface area contributed by atoms with Gasteiger partial charge in [0.25, 0.3) is 5.91 Å². The van der Waals surface area contributed by atoms with Gasteiger partial charge in [-0.15, -0.1) is 0 Å². The molecule has 1 fully saturated rings. The molecule has 0 aliphatic carbocycles. The number of rotatable bonds is 6. The fraction of sp³-hybridized carbons (Fsp3) is 0.0667. The molecule has 1 amide bonds. The van der Waals surface area contributed by atoms with E-state index in [1.54, 1.807) is 4.90 Å². The van der Waals surface area contributed by atoms with Crippen LogP contribution in [0.1, 0.15) is 12.5 Å². The molecule has 5 rings (SSSR count). The summed E-state index contributed by atoms with van der Waals surface area (Å²) in [6.45, 7) is 2.47. The van der Waals surface area contributed by atoms with Crippen LogP contribution in [0.15, 0.2) is 121 Å². The summed E-state index contributed by atoms with van der Waals surface area (Å²) in [5.41, 5.74) is 5.56. The Labute approximate surface area is 211 Å². The summed E-state index contributed by atoms with van der Waals surface area (Å²) in [7, 11) is 0. The molecule has 0 bridgehead atoms. The van der Waals surface area contributed by atoms with E-state index in [1.807, 2.05) is 96.8 Å². The molecule has 35 heavy (non-hydrogen) atoms. The van der Waals surface area contributed by atoms with E-state index in [2.05, 4.69) is 41.3 Å². The molecule has 1 aliphatic rings. The number of amides is 1. The van der Waals surface area contributed by atoms with Gasteiger partial charge in [0.1, 0.15) is 5.70 Å². The number of thiocarbonyl (C=S) groups is 1. The molecule has 0 atom stereocenters. The third kappa shape index (κ3) is 4.46. The highest BCUT2D eigenvalue weighted by Crippen LogP contribution is 2.35. The lowest BCUT2D eigenvalue weighted by atomic mass is 10.1. The first kappa shape index (κ1) is 22.6. The summed E-state index contributed by atoms with van der Waals surface area (Å²) in [4.78, 5) is 18.9. The summed E-state index contributed by atoms with van der Waals surface area (Å²) in [5.74, 6) is -0.0828. The van der Waals surface area contributed by atoms with E-state index in [0.717, 1.165) is 28.3 Å². The summed E-state index contributed by atoms with van der Waals surface area (Å²) >= 11 is 5.66. The summed E-state index contributed by atoms with van der Waals surface area (Å²) in [5, 5.41) is 0.505. The zero-order chi connectivity index (χ0) is 24.2. The topological polar surface area (TPSA) is 26.8 Å². The molecule has 0 radical (unpaired) electrons. The quantitative estimate of drug-likeness (QED) is 0.219. The number of carbonyl (C=O) groups excluding carboxylic acids is 1. The van der Waals surface area contributed by atoms with E-state index < -0.39 is 0 Å². The molecule has 0 saturated carbocycles. The first-order chi connectivity index (χ1) is 17.2. The van der Waals surface area contributed by atoms with E-state index in [9.17, 15) is 4.79 Å². The maximum atomic E-state index is 13.2. The van der Waals surface area contributed by atoms with Crippen molar-refractivity contribution >= 4 is 52.1 Å². The van der Waals surface area contributed by atoms with Gasteiger partial charge in [0.2, 0.25) is 0 Å². The fourth-order valence-corrected chi connectivity index (χ4v) is 4.67. The lowest BCUT2D eigenvalue weighted by molar-refractivity contribution is -0.122. The monoisotopic (exact) mass is 475 g/mol. The molecule has 0 unspecified atom stereocenters. The van der Waals surface area contributed by atoms with Gasteiger partial charge in [-0.2, -0.15) is 0 Å². The molecular formula is C30H25N3OS. The number of likely N-dealkylation sites (N-methyl/N-ethyl adjacent to an activating group) is 1. The van der Waals surface area contributed by atoms with Gasteiger partial charge >= 0.3 is 0 Å². The van der Waals surface area contributed by atoms with Crippen molar-refractivity contribution in [1.29, 1.82) is 0 Å². The lowest BCUT2D eigenvalue weighted by Gasteiger charge is -2.25. The molecule has 1 saturated heterocycles. The standard InChI is InChI=1S/C30H25N3OS/c1-2-31-29(34)28(33(30(31)35)26-16-10-5-11-17-26)22-23-18-20-27(21-19-23)32(24-12-6-3-7-13-24)25-14-8-4-9-15-25/h3-22H,2H2,1H3. The number of carbonyl (C=O) groups is 1. The van der Waals surface area contributed by atoms with Crippen molar-refractivity contribution in [2.24, 2.45) is 0 Å². The van der Waals surface area contributed by atoms with Crippen LogP contribution in [0.2, 0.25) is 0 Å². The van der Waals surface area contributed by atoms with Crippen molar-refractivity contribution in [3.05, 3.63) is 127 Å². The number of hydrogen-bond acceptors (Lipinski definition) is 3. The summed E-state index contributed by atoms with van der Waals surface area (Å²) in [6, 6.07) is 38.6. The molecule has 1 aliphatic heterocycles. The SMILES string of the molecule is CCN1C(=O)C(=Cc2ccc(N(c3ccccc3)c3ccccc3)cc2)N(c2ccccc2)C1=S. The second-order valence-electron chi connectivity index (χ2n) is 8.13. The molecule has 5 heteroatoms. The molecule has 0 spiro atoms. The fourth-order valence-electron chi connectivity index (χ4n) is 4.26. The Morgan fingerprint density at radius 3 is 1.71 bits per heavy atom. The van der Waals surface area contributed by atoms with Crippen molar-refractivity contribution in [2.75, 3.05) is 16.3 Å². The molecule has 4 aromatic carbocycles. The first-order valence-electron chi connectivity index (χ1n) is 11.6. The normalized spacial score (nSPS) is 14.6. The Bertz CT molecular complexity index is 1310. The smallest absolute Gasteiger partial charge is 0.277 e. The largest absolute Gasteiger partial charge is 0.311 e. The van der Waals surface area contributed by atoms with Crippen molar-refractivity contribution in [3.8, 4) is 0 Å². The van der Waals surface area contributed by atoms with Crippen LogP contribution in [0, 0.1) is 0 Å². The van der Waals surface area contributed by atoms with Gasteiger partial charge in [-0.25, -0.2) is 0 Å². The first-order valence-corrected chi connectivity index (χ1v) is 12.0. The van der Waals surface area contributed by atoms with Crippen LogP contribution in [0.25, 0.3) is 6.08 Å². The van der Waals surface area contributed by atoms with Crippen molar-refractivity contribution < 1.29 is 4.79 Å². The second kappa shape index (κ2) is 9.95. The number of nitrogens with zero attached hydrogens (tertiary/aromatic N) is 3. The van der Waals surface area contributed by atoms with Crippen molar-refractivity contribution in [2.45, 2.75) is 6.92 Å². The van der Waals surface area contributed by atoms with E-state index in [0.29, 0.717) is 17.4 Å². The number of para-hydroxylation sites is 3. The third-order valence-electron chi connectivity index (χ3n) is 5.94. The molecule has 4 nitrogen and oxygen atoms in total. The molecule has 172 valence electrons. The lowest BCUT2D eigenvalue weighted by Crippen LogP contribution is -2.32. The van der Waals surface area contributed by atoms with Gasteiger partial charge in [-0.1, -0.05) is 66.7 Å². The maximum Gasteiger partial charge on any atom is 0.277 e. The van der Waals surface area contributed by atoms with Crippen LogP contribution in [-0.4, -0.2) is 22.5 Å². The van der Waals surface area contributed by atoms with Crippen LogP contribution in [-0.2, 0) is 4.79 Å². The minimum Gasteiger partial charge on any atom is -0.311 e. The predicted molar refractivity (Wildman–Crippen MR) is 148 cm³/mol. The molecule has 0 N–H and O–H groups in total. The molecule has 1 heterocycles. The van der Waals surface area contributed by atoms with Crippen molar-refractivity contribution in [1.82, 2.24) is 4.90 Å². The van der Waals surface area contributed by atoms with Crippen molar-refractivity contribution in [3.63, 3.8) is 0 Å². The maximum absolute atomic E-state index is 13.2. The van der Waals surface area contributed by atoms with Gasteiger partial charge in [0.15, 0.2) is 5.11 Å². The zero-order valence-electron chi connectivity index (χ0n) is 19.4. The highest BCUT2D eigenvalue weighted by molar-refractivity contribution is 7.80. The number of benzene rings is 4. The zero-order valence-corrected chi connectivity index (χ0v) is 20.2. The average molecular weight is 476 g/mol. The van der Waals surface area contributed by atoms with E-state index in [4.69, 9.17) is 12.2 Å². The Hall–Kier alpha value is -4.22. The Morgan fingerprint density at radius 1 is 0.714 bits per heavy atom. The van der Waals surface area contributed by atoms with Gasteiger partial charge in [0, 0.05) is 29.3 Å².